The predicted octanol–water partition coefficient (Wildman–Crippen LogP) is 7.36. The zero-order valence-electron chi connectivity index (χ0n) is 32.0. The first-order chi connectivity index (χ1) is 26.2. The highest BCUT2D eigenvalue weighted by Gasteiger charge is 2.38. The summed E-state index contributed by atoms with van der Waals surface area (Å²) in [4.78, 5) is 62.1. The summed E-state index contributed by atoms with van der Waals surface area (Å²) in [6.07, 6.45) is 10.3. The minimum atomic E-state index is -1.13. The number of nitrogens with zero attached hydrogens (tertiary/aromatic N) is 6. The number of likely N-dealkylation sites (tertiary alicyclic amines) is 2. The van der Waals surface area contributed by atoms with Crippen molar-refractivity contribution >= 4 is 17.9 Å². The van der Waals surface area contributed by atoms with Crippen LogP contribution in [0, 0.1) is 5.92 Å². The molecule has 2 aromatic heterocycles. The lowest BCUT2D eigenvalue weighted by atomic mass is 9.84. The number of carboxylic acid groups (broad SMARTS) is 1. The molecule has 12 heteroatoms. The van der Waals surface area contributed by atoms with Crippen molar-refractivity contribution in [2.24, 2.45) is 5.92 Å². The zero-order valence-corrected chi connectivity index (χ0v) is 32.0. The van der Waals surface area contributed by atoms with Crippen LogP contribution in [0.1, 0.15) is 95.9 Å². The van der Waals surface area contributed by atoms with Crippen molar-refractivity contribution in [2.75, 3.05) is 33.2 Å². The molecule has 3 N–H and O–H groups in total. The van der Waals surface area contributed by atoms with Crippen molar-refractivity contribution in [1.29, 1.82) is 0 Å². The fraction of sp³-hybridized carbons (Fsp3) is 0.500. The van der Waals surface area contributed by atoms with Gasteiger partial charge in [-0.3, -0.25) is 14.5 Å². The largest absolute Gasteiger partial charge is 0.465 e. The van der Waals surface area contributed by atoms with Crippen LogP contribution in [-0.2, 0) is 9.59 Å². The van der Waals surface area contributed by atoms with Gasteiger partial charge in [0.05, 0.1) is 35.9 Å². The SMILES string of the molecule is CCN(CC)C1CCC(C(=O)N2CCC[C@H]2c2ncc(-c3ccc(-c4ccc(-c5cnc([C@@H]6CCCN6C(=O)[C@H](C)N(C)C(=O)O)[nH]5)cc4)cc3)[nH]2)CC1. The third-order valence-electron chi connectivity index (χ3n) is 12.2. The van der Waals surface area contributed by atoms with E-state index >= 15 is 0 Å². The van der Waals surface area contributed by atoms with Crippen LogP contribution in [0.25, 0.3) is 33.6 Å². The lowest BCUT2D eigenvalue weighted by Crippen LogP contribution is -2.47. The number of imidazole rings is 2. The molecule has 12 nitrogen and oxygen atoms in total. The minimum Gasteiger partial charge on any atom is -0.465 e. The fourth-order valence-corrected chi connectivity index (χ4v) is 8.85. The molecule has 4 aromatic rings. The molecule has 4 heterocycles. The highest BCUT2D eigenvalue weighted by atomic mass is 16.4. The van der Waals surface area contributed by atoms with Gasteiger partial charge in [-0.2, -0.15) is 0 Å². The second kappa shape index (κ2) is 16.2. The van der Waals surface area contributed by atoms with Gasteiger partial charge in [0.2, 0.25) is 11.8 Å². The Balaban J connectivity index is 0.970. The Kier molecular flexibility index (Phi) is 11.2. The number of rotatable bonds is 11. The Labute approximate surface area is 318 Å². The number of hydrogen-bond acceptors (Lipinski definition) is 6. The molecule has 0 unspecified atom stereocenters. The van der Waals surface area contributed by atoms with Gasteiger partial charge in [-0.1, -0.05) is 62.4 Å². The van der Waals surface area contributed by atoms with Crippen LogP contribution < -0.4 is 0 Å². The summed E-state index contributed by atoms with van der Waals surface area (Å²) in [5, 5.41) is 9.34. The van der Waals surface area contributed by atoms with Crippen LogP contribution >= 0.6 is 0 Å². The molecule has 3 atom stereocenters. The van der Waals surface area contributed by atoms with Crippen LogP contribution in [-0.4, -0.2) is 108 Å². The second-order valence-electron chi connectivity index (χ2n) is 15.2. The summed E-state index contributed by atoms with van der Waals surface area (Å²) in [5.41, 5.74) is 6.03. The Morgan fingerprint density at radius 1 is 0.741 bits per heavy atom. The van der Waals surface area contributed by atoms with E-state index in [0.29, 0.717) is 24.3 Å². The van der Waals surface area contributed by atoms with Gasteiger partial charge in [0.15, 0.2) is 0 Å². The normalized spacial score (nSPS) is 22.2. The predicted molar refractivity (Wildman–Crippen MR) is 208 cm³/mol. The average molecular weight is 735 g/mol. The quantitative estimate of drug-likeness (QED) is 0.146. The molecule has 3 fully saturated rings. The number of hydrogen-bond donors (Lipinski definition) is 3. The van der Waals surface area contributed by atoms with E-state index in [1.165, 1.54) is 7.05 Å². The molecule has 54 heavy (non-hydrogen) atoms. The Bertz CT molecular complexity index is 1910. The number of aromatic nitrogens is 4. The number of H-pyrrole nitrogens is 2. The highest BCUT2D eigenvalue weighted by molar-refractivity contribution is 5.85. The van der Waals surface area contributed by atoms with Gasteiger partial charge in [0.1, 0.15) is 17.7 Å². The Morgan fingerprint density at radius 3 is 1.69 bits per heavy atom. The summed E-state index contributed by atoms with van der Waals surface area (Å²) in [6, 6.07) is 16.4. The third-order valence-corrected chi connectivity index (χ3v) is 12.2. The molecule has 2 aliphatic heterocycles. The summed E-state index contributed by atoms with van der Waals surface area (Å²) in [5.74, 6) is 1.80. The molecule has 3 amide bonds. The Morgan fingerprint density at radius 2 is 1.20 bits per heavy atom. The molecule has 0 bridgehead atoms. The molecule has 7 rings (SSSR count). The number of nitrogens with one attached hydrogen (secondary N) is 2. The number of aromatic amines is 2. The maximum atomic E-state index is 13.7. The molecule has 2 aromatic carbocycles. The molecule has 3 aliphatic rings. The van der Waals surface area contributed by atoms with Crippen molar-refractivity contribution in [3.05, 3.63) is 72.6 Å². The van der Waals surface area contributed by atoms with E-state index in [2.05, 4.69) is 87.1 Å². The van der Waals surface area contributed by atoms with Crippen molar-refractivity contribution in [3.63, 3.8) is 0 Å². The second-order valence-corrected chi connectivity index (χ2v) is 15.2. The molecule has 2 saturated heterocycles. The van der Waals surface area contributed by atoms with E-state index < -0.39 is 12.1 Å². The summed E-state index contributed by atoms with van der Waals surface area (Å²) >= 11 is 0. The van der Waals surface area contributed by atoms with Gasteiger partial charge in [0, 0.05) is 32.1 Å². The number of likely N-dealkylation sites (N-methyl/N-ethyl adjacent to an activating group) is 1. The molecule has 1 aliphatic carbocycles. The first kappa shape index (κ1) is 37.3. The van der Waals surface area contributed by atoms with Gasteiger partial charge >= 0.3 is 6.09 Å². The topological polar surface area (TPSA) is 142 Å². The van der Waals surface area contributed by atoms with Gasteiger partial charge in [-0.15, -0.1) is 0 Å². The van der Waals surface area contributed by atoms with Crippen LogP contribution in [0.4, 0.5) is 4.79 Å². The van der Waals surface area contributed by atoms with Crippen LogP contribution in [0.3, 0.4) is 0 Å². The Hall–Kier alpha value is -4.97. The maximum absolute atomic E-state index is 13.7. The maximum Gasteiger partial charge on any atom is 0.407 e. The van der Waals surface area contributed by atoms with E-state index in [0.717, 1.165) is 115 Å². The van der Waals surface area contributed by atoms with E-state index in [9.17, 15) is 19.5 Å². The van der Waals surface area contributed by atoms with Gasteiger partial charge in [-0.05, 0) is 93.6 Å². The summed E-state index contributed by atoms with van der Waals surface area (Å²) in [6.45, 7) is 9.61. The minimum absolute atomic E-state index is 0.00428. The number of carbonyl (C=O) groups excluding carboxylic acids is 2. The van der Waals surface area contributed by atoms with Crippen molar-refractivity contribution in [1.82, 2.24) is 39.5 Å². The van der Waals surface area contributed by atoms with Crippen molar-refractivity contribution in [2.45, 2.75) is 96.3 Å². The van der Waals surface area contributed by atoms with Crippen molar-refractivity contribution < 1.29 is 19.5 Å². The molecule has 286 valence electrons. The summed E-state index contributed by atoms with van der Waals surface area (Å²) < 4.78 is 0. The van der Waals surface area contributed by atoms with Crippen molar-refractivity contribution in [3.8, 4) is 33.6 Å². The molecular weight excluding hydrogens is 681 g/mol. The average Bonchev–Trinajstić information content (AvgIpc) is 4.04. The molecule has 0 spiro atoms. The van der Waals surface area contributed by atoms with Crippen LogP contribution in [0.2, 0.25) is 0 Å². The lowest BCUT2D eigenvalue weighted by Gasteiger charge is -2.37. The standard InChI is InChI=1S/C42H54N8O4/c1-5-48(6-2)33-21-19-32(20-22-33)41(52)50-24-8-10-37(50)39-44-26-35(46-39)31-17-13-29(14-18-31)28-11-15-30(16-12-28)34-25-43-38(45-34)36-9-7-23-49(36)40(51)27(3)47(4)42(53)54/h11-18,25-27,32-33,36-37H,5-10,19-24H2,1-4H3,(H,43,45)(H,44,46)(H,53,54)/t27-,32?,33?,36-,37-/m0/s1. The first-order valence-electron chi connectivity index (χ1n) is 19.8. The van der Waals surface area contributed by atoms with Gasteiger partial charge in [-0.25, -0.2) is 14.8 Å². The van der Waals surface area contributed by atoms with E-state index in [1.54, 1.807) is 18.0 Å². The number of benzene rings is 2. The lowest BCUT2D eigenvalue weighted by molar-refractivity contribution is -0.138. The fourth-order valence-electron chi connectivity index (χ4n) is 8.85. The molecule has 1 saturated carbocycles. The number of carbonyl (C=O) groups is 3. The number of amides is 3. The van der Waals surface area contributed by atoms with E-state index in [1.807, 2.05) is 6.20 Å². The smallest absolute Gasteiger partial charge is 0.407 e. The molecule has 0 radical (unpaired) electrons. The van der Waals surface area contributed by atoms with Gasteiger partial charge in [0.25, 0.3) is 0 Å². The highest BCUT2D eigenvalue weighted by Crippen LogP contribution is 2.37. The van der Waals surface area contributed by atoms with Gasteiger partial charge < -0.3 is 29.8 Å². The molecular formula is C42H54N8O4. The zero-order chi connectivity index (χ0) is 37.9. The van der Waals surface area contributed by atoms with Crippen LogP contribution in [0.5, 0.6) is 0 Å². The first-order valence-corrected chi connectivity index (χ1v) is 19.8. The van der Waals surface area contributed by atoms with E-state index in [-0.39, 0.29) is 23.9 Å². The van der Waals surface area contributed by atoms with Crippen LogP contribution in [0.15, 0.2) is 60.9 Å². The third kappa shape index (κ3) is 7.53. The summed E-state index contributed by atoms with van der Waals surface area (Å²) in [7, 11) is 1.42. The van der Waals surface area contributed by atoms with E-state index in [4.69, 9.17) is 4.98 Å². The monoisotopic (exact) mass is 734 g/mol.